The van der Waals surface area contributed by atoms with E-state index in [1.165, 1.54) is 12.8 Å². The molecule has 0 aromatic carbocycles. The van der Waals surface area contributed by atoms with Crippen LogP contribution in [-0.4, -0.2) is 15.1 Å². The van der Waals surface area contributed by atoms with Crippen molar-refractivity contribution < 1.29 is 4.52 Å². The molecule has 2 N–H and O–H groups in total. The van der Waals surface area contributed by atoms with Gasteiger partial charge in [-0.1, -0.05) is 5.16 Å². The molecule has 2 aromatic rings. The summed E-state index contributed by atoms with van der Waals surface area (Å²) in [5.74, 6) is 1.67. The smallest absolute Gasteiger partial charge is 0.243 e. The summed E-state index contributed by atoms with van der Waals surface area (Å²) in [4.78, 5) is 8.63. The SMILES string of the molecule is C[C@@H](N)c1nc(-c2ccnc(C3CC3)c2)no1. The zero-order valence-electron chi connectivity index (χ0n) is 9.63. The molecular formula is C12H14N4O. The zero-order chi connectivity index (χ0) is 11.8. The third-order valence-electron chi connectivity index (χ3n) is 2.87. The van der Waals surface area contributed by atoms with Crippen LogP contribution in [0.5, 0.6) is 0 Å². The largest absolute Gasteiger partial charge is 0.337 e. The van der Waals surface area contributed by atoms with Crippen molar-refractivity contribution in [2.75, 3.05) is 0 Å². The number of aromatic nitrogens is 3. The Balaban J connectivity index is 1.93. The lowest BCUT2D eigenvalue weighted by molar-refractivity contribution is 0.362. The first-order valence-electron chi connectivity index (χ1n) is 5.79. The molecule has 5 heteroatoms. The molecule has 0 radical (unpaired) electrons. The van der Waals surface area contributed by atoms with Gasteiger partial charge in [-0.25, -0.2) is 0 Å². The highest BCUT2D eigenvalue weighted by Crippen LogP contribution is 2.39. The van der Waals surface area contributed by atoms with Crippen LogP contribution >= 0.6 is 0 Å². The van der Waals surface area contributed by atoms with Crippen molar-refractivity contribution in [3.05, 3.63) is 29.9 Å². The Bertz CT molecular complexity index is 531. The van der Waals surface area contributed by atoms with Gasteiger partial charge >= 0.3 is 0 Å². The number of nitrogens with zero attached hydrogens (tertiary/aromatic N) is 3. The van der Waals surface area contributed by atoms with E-state index in [4.69, 9.17) is 10.3 Å². The molecule has 88 valence electrons. The second-order valence-corrected chi connectivity index (χ2v) is 4.49. The minimum atomic E-state index is -0.235. The zero-order valence-corrected chi connectivity index (χ0v) is 9.63. The number of hydrogen-bond acceptors (Lipinski definition) is 5. The Morgan fingerprint density at radius 1 is 1.47 bits per heavy atom. The van der Waals surface area contributed by atoms with Crippen molar-refractivity contribution in [1.29, 1.82) is 0 Å². The Kier molecular flexibility index (Phi) is 2.40. The molecule has 0 unspecified atom stereocenters. The van der Waals surface area contributed by atoms with Gasteiger partial charge in [0.1, 0.15) is 0 Å². The van der Waals surface area contributed by atoms with E-state index in [2.05, 4.69) is 15.1 Å². The summed E-state index contributed by atoms with van der Waals surface area (Å²) in [7, 11) is 0. The maximum absolute atomic E-state index is 5.68. The molecule has 1 fully saturated rings. The van der Waals surface area contributed by atoms with Gasteiger partial charge in [-0.2, -0.15) is 4.98 Å². The van der Waals surface area contributed by atoms with Crippen LogP contribution in [0.15, 0.2) is 22.9 Å². The van der Waals surface area contributed by atoms with E-state index in [9.17, 15) is 0 Å². The Morgan fingerprint density at radius 2 is 2.29 bits per heavy atom. The van der Waals surface area contributed by atoms with Crippen LogP contribution in [0, 0.1) is 0 Å². The molecule has 1 atom stereocenters. The lowest BCUT2D eigenvalue weighted by atomic mass is 10.2. The van der Waals surface area contributed by atoms with E-state index >= 15 is 0 Å². The number of hydrogen-bond donors (Lipinski definition) is 1. The predicted molar refractivity (Wildman–Crippen MR) is 62.1 cm³/mol. The predicted octanol–water partition coefficient (Wildman–Crippen LogP) is 2.03. The lowest BCUT2D eigenvalue weighted by Gasteiger charge is -1.98. The average molecular weight is 230 g/mol. The fourth-order valence-electron chi connectivity index (χ4n) is 1.73. The van der Waals surface area contributed by atoms with Gasteiger partial charge < -0.3 is 10.3 Å². The minimum Gasteiger partial charge on any atom is -0.337 e. The highest BCUT2D eigenvalue weighted by Gasteiger charge is 2.25. The van der Waals surface area contributed by atoms with Crippen LogP contribution in [0.3, 0.4) is 0 Å². The van der Waals surface area contributed by atoms with Crippen LogP contribution in [0.2, 0.25) is 0 Å². The Hall–Kier alpha value is -1.75. The number of nitrogens with two attached hydrogens (primary N) is 1. The van der Waals surface area contributed by atoms with E-state index in [1.54, 1.807) is 6.20 Å². The third kappa shape index (κ3) is 2.06. The molecule has 1 aliphatic rings. The van der Waals surface area contributed by atoms with Gasteiger partial charge in [0.2, 0.25) is 11.7 Å². The highest BCUT2D eigenvalue weighted by molar-refractivity contribution is 5.54. The summed E-state index contributed by atoms with van der Waals surface area (Å²) in [6, 6.07) is 3.69. The number of pyridine rings is 1. The minimum absolute atomic E-state index is 0.235. The van der Waals surface area contributed by atoms with Gasteiger partial charge in [-0.15, -0.1) is 0 Å². The van der Waals surface area contributed by atoms with Crippen molar-refractivity contribution in [1.82, 2.24) is 15.1 Å². The van der Waals surface area contributed by atoms with E-state index in [0.717, 1.165) is 11.3 Å². The molecule has 1 aliphatic carbocycles. The van der Waals surface area contributed by atoms with Gasteiger partial charge in [0, 0.05) is 23.4 Å². The quantitative estimate of drug-likeness (QED) is 0.872. The highest BCUT2D eigenvalue weighted by atomic mass is 16.5. The second kappa shape index (κ2) is 3.92. The summed E-state index contributed by atoms with van der Waals surface area (Å²) in [5.41, 5.74) is 7.75. The van der Waals surface area contributed by atoms with Crippen LogP contribution in [0.1, 0.15) is 43.3 Å². The van der Waals surface area contributed by atoms with Gasteiger partial charge in [0.05, 0.1) is 6.04 Å². The topological polar surface area (TPSA) is 77.8 Å². The molecule has 3 rings (SSSR count). The maximum atomic E-state index is 5.68. The Labute approximate surface area is 99.1 Å². The Morgan fingerprint density at radius 3 is 2.94 bits per heavy atom. The van der Waals surface area contributed by atoms with E-state index < -0.39 is 0 Å². The molecular weight excluding hydrogens is 216 g/mol. The van der Waals surface area contributed by atoms with E-state index in [0.29, 0.717) is 17.6 Å². The molecule has 0 bridgehead atoms. The van der Waals surface area contributed by atoms with Crippen molar-refractivity contribution in [2.24, 2.45) is 5.73 Å². The van der Waals surface area contributed by atoms with E-state index in [-0.39, 0.29) is 6.04 Å². The molecule has 1 saturated carbocycles. The first-order chi connectivity index (χ1) is 8.24. The first kappa shape index (κ1) is 10.4. The van der Waals surface area contributed by atoms with Gasteiger partial charge in [0.15, 0.2) is 0 Å². The molecule has 0 aliphatic heterocycles. The third-order valence-corrected chi connectivity index (χ3v) is 2.87. The van der Waals surface area contributed by atoms with Crippen LogP contribution < -0.4 is 5.73 Å². The molecule has 0 amide bonds. The summed E-state index contributed by atoms with van der Waals surface area (Å²) < 4.78 is 5.09. The molecule has 2 heterocycles. The lowest BCUT2D eigenvalue weighted by Crippen LogP contribution is -2.04. The summed E-state index contributed by atoms with van der Waals surface area (Å²) in [6.07, 6.45) is 4.26. The maximum Gasteiger partial charge on any atom is 0.243 e. The molecule has 0 spiro atoms. The molecule has 5 nitrogen and oxygen atoms in total. The summed E-state index contributed by atoms with van der Waals surface area (Å²) in [6.45, 7) is 1.82. The fourth-order valence-corrected chi connectivity index (χ4v) is 1.73. The van der Waals surface area contributed by atoms with Gasteiger partial charge in [-0.05, 0) is 31.9 Å². The van der Waals surface area contributed by atoms with Gasteiger partial charge in [-0.3, -0.25) is 4.98 Å². The van der Waals surface area contributed by atoms with Crippen LogP contribution in [0.25, 0.3) is 11.4 Å². The van der Waals surface area contributed by atoms with Crippen molar-refractivity contribution in [2.45, 2.75) is 31.7 Å². The van der Waals surface area contributed by atoms with E-state index in [1.807, 2.05) is 19.1 Å². The van der Waals surface area contributed by atoms with Crippen LogP contribution in [0.4, 0.5) is 0 Å². The van der Waals surface area contributed by atoms with Crippen molar-refractivity contribution in [3.8, 4) is 11.4 Å². The summed E-state index contributed by atoms with van der Waals surface area (Å²) >= 11 is 0. The molecule has 2 aromatic heterocycles. The average Bonchev–Trinajstić information content (AvgIpc) is 3.06. The van der Waals surface area contributed by atoms with Crippen molar-refractivity contribution >= 4 is 0 Å². The number of rotatable bonds is 3. The normalized spacial score (nSPS) is 17.1. The second-order valence-electron chi connectivity index (χ2n) is 4.49. The monoisotopic (exact) mass is 230 g/mol. The van der Waals surface area contributed by atoms with Gasteiger partial charge in [0.25, 0.3) is 0 Å². The first-order valence-corrected chi connectivity index (χ1v) is 5.79. The van der Waals surface area contributed by atoms with Crippen molar-refractivity contribution in [3.63, 3.8) is 0 Å². The summed E-state index contributed by atoms with van der Waals surface area (Å²) in [5, 5.41) is 3.93. The fraction of sp³-hybridized carbons (Fsp3) is 0.417. The van der Waals surface area contributed by atoms with Crippen LogP contribution in [-0.2, 0) is 0 Å². The molecule has 17 heavy (non-hydrogen) atoms. The molecule has 0 saturated heterocycles. The standard InChI is InChI=1S/C12H14N4O/c1-7(13)12-15-11(16-17-12)9-4-5-14-10(6-9)8-2-3-8/h4-8H,2-3,13H2,1H3/t7-/m1/s1.